The molecule has 18 heavy (non-hydrogen) atoms. The van der Waals surface area contributed by atoms with Gasteiger partial charge in [-0.25, -0.2) is 4.79 Å². The van der Waals surface area contributed by atoms with Gasteiger partial charge in [-0.2, -0.15) is 0 Å². The van der Waals surface area contributed by atoms with Crippen LogP contribution < -0.4 is 5.76 Å². The minimum absolute atomic E-state index is 0.0235. The number of aromatic nitrogens is 1. The highest BCUT2D eigenvalue weighted by Gasteiger charge is 2.36. The summed E-state index contributed by atoms with van der Waals surface area (Å²) >= 11 is 6.63. The van der Waals surface area contributed by atoms with Crippen molar-refractivity contribution in [2.45, 2.75) is 38.0 Å². The molecule has 1 aromatic heterocycles. The van der Waals surface area contributed by atoms with E-state index >= 15 is 0 Å². The molecular weight excluding hydrogens is 250 g/mol. The third-order valence-corrected chi connectivity index (χ3v) is 4.87. The van der Waals surface area contributed by atoms with Crippen molar-refractivity contribution in [3.05, 3.63) is 34.3 Å². The van der Waals surface area contributed by atoms with Gasteiger partial charge in [-0.1, -0.05) is 25.8 Å². The van der Waals surface area contributed by atoms with Crippen LogP contribution >= 0.6 is 11.6 Å². The Labute approximate surface area is 110 Å². The van der Waals surface area contributed by atoms with Crippen molar-refractivity contribution in [3.63, 3.8) is 0 Å². The van der Waals surface area contributed by atoms with Gasteiger partial charge in [0.1, 0.15) is 0 Å². The van der Waals surface area contributed by atoms with E-state index in [1.807, 2.05) is 18.2 Å². The molecule has 1 N–H and O–H groups in total. The predicted molar refractivity (Wildman–Crippen MR) is 72.0 cm³/mol. The zero-order valence-electron chi connectivity index (χ0n) is 10.3. The van der Waals surface area contributed by atoms with E-state index in [2.05, 4.69) is 11.9 Å². The lowest BCUT2D eigenvalue weighted by Gasteiger charge is -2.29. The molecule has 0 spiro atoms. The number of oxazole rings is 1. The van der Waals surface area contributed by atoms with E-state index in [4.69, 9.17) is 16.0 Å². The standard InChI is InChI=1S/C14H16ClNO2/c1-14(6-2-3-7-14)12(15)9-4-5-10-11(8-9)18-13(17)16-10/h4-5,8,12H,2-3,6-7H2,1H3,(H,16,17). The Morgan fingerprint density at radius 3 is 2.83 bits per heavy atom. The molecule has 1 fully saturated rings. The van der Waals surface area contributed by atoms with Gasteiger partial charge in [0.2, 0.25) is 0 Å². The summed E-state index contributed by atoms with van der Waals surface area (Å²) in [7, 11) is 0. The average Bonchev–Trinajstić information content (AvgIpc) is 2.93. The fourth-order valence-electron chi connectivity index (χ4n) is 2.96. The number of hydrogen-bond acceptors (Lipinski definition) is 2. The van der Waals surface area contributed by atoms with Gasteiger partial charge in [0.25, 0.3) is 0 Å². The molecule has 1 atom stereocenters. The van der Waals surface area contributed by atoms with Crippen LogP contribution in [0.5, 0.6) is 0 Å². The van der Waals surface area contributed by atoms with Gasteiger partial charge in [0.05, 0.1) is 10.9 Å². The van der Waals surface area contributed by atoms with Crippen molar-refractivity contribution in [2.75, 3.05) is 0 Å². The maximum absolute atomic E-state index is 11.1. The van der Waals surface area contributed by atoms with Gasteiger partial charge in [-0.15, -0.1) is 11.6 Å². The maximum atomic E-state index is 11.1. The van der Waals surface area contributed by atoms with Gasteiger partial charge in [-0.3, -0.25) is 4.98 Å². The van der Waals surface area contributed by atoms with Crippen LogP contribution in [0, 0.1) is 5.41 Å². The lowest BCUT2D eigenvalue weighted by Crippen LogP contribution is -2.17. The molecule has 1 aliphatic carbocycles. The number of benzene rings is 1. The van der Waals surface area contributed by atoms with Crippen LogP contribution in [0.3, 0.4) is 0 Å². The molecular formula is C14H16ClNO2. The molecule has 0 aliphatic heterocycles. The molecule has 1 unspecified atom stereocenters. The molecule has 4 heteroatoms. The molecule has 0 saturated heterocycles. The fraction of sp³-hybridized carbons (Fsp3) is 0.500. The van der Waals surface area contributed by atoms with Gasteiger partial charge in [0.15, 0.2) is 5.58 Å². The van der Waals surface area contributed by atoms with Gasteiger partial charge >= 0.3 is 5.76 Å². The first-order valence-corrected chi connectivity index (χ1v) is 6.79. The quantitative estimate of drug-likeness (QED) is 0.835. The Morgan fingerprint density at radius 1 is 1.39 bits per heavy atom. The van der Waals surface area contributed by atoms with Crippen molar-refractivity contribution in [1.29, 1.82) is 0 Å². The van der Waals surface area contributed by atoms with Crippen molar-refractivity contribution < 1.29 is 4.42 Å². The number of fused-ring (bicyclic) bond motifs is 1. The van der Waals surface area contributed by atoms with Crippen molar-refractivity contribution >= 4 is 22.7 Å². The number of aromatic amines is 1. The molecule has 1 heterocycles. The van der Waals surface area contributed by atoms with Crippen LogP contribution in [0.1, 0.15) is 43.5 Å². The Morgan fingerprint density at radius 2 is 2.11 bits per heavy atom. The number of hydrogen-bond donors (Lipinski definition) is 1. The van der Waals surface area contributed by atoms with E-state index in [1.54, 1.807) is 0 Å². The molecule has 2 aromatic rings. The van der Waals surface area contributed by atoms with Gasteiger partial charge in [-0.05, 0) is 36.0 Å². The number of rotatable bonds is 2. The first kappa shape index (κ1) is 11.8. The number of nitrogens with one attached hydrogen (secondary N) is 1. The normalized spacial score (nSPS) is 20.3. The third kappa shape index (κ3) is 1.87. The van der Waals surface area contributed by atoms with Crippen molar-refractivity contribution in [2.24, 2.45) is 5.41 Å². The summed E-state index contributed by atoms with van der Waals surface area (Å²) in [6.45, 7) is 2.25. The predicted octanol–water partition coefficient (Wildman–Crippen LogP) is 3.98. The minimum Gasteiger partial charge on any atom is -0.408 e. The third-order valence-electron chi connectivity index (χ3n) is 4.10. The molecule has 0 radical (unpaired) electrons. The number of H-pyrrole nitrogens is 1. The SMILES string of the molecule is CC1(C(Cl)c2ccc3[nH]c(=O)oc3c2)CCCC1. The Kier molecular flexibility index (Phi) is 2.74. The topological polar surface area (TPSA) is 46.0 Å². The van der Waals surface area contributed by atoms with Crippen LogP contribution in [-0.4, -0.2) is 4.98 Å². The molecule has 0 amide bonds. The first-order valence-electron chi connectivity index (χ1n) is 6.35. The zero-order valence-corrected chi connectivity index (χ0v) is 11.1. The summed E-state index contributed by atoms with van der Waals surface area (Å²) in [4.78, 5) is 13.8. The molecule has 96 valence electrons. The second kappa shape index (κ2) is 4.16. The van der Waals surface area contributed by atoms with Crippen LogP contribution in [-0.2, 0) is 0 Å². The molecule has 1 saturated carbocycles. The summed E-state index contributed by atoms with van der Waals surface area (Å²) in [5.74, 6) is -0.416. The second-order valence-electron chi connectivity index (χ2n) is 5.49. The van der Waals surface area contributed by atoms with E-state index in [0.29, 0.717) is 5.58 Å². The summed E-state index contributed by atoms with van der Waals surface area (Å²) in [5, 5.41) is -0.0235. The number of alkyl halides is 1. The highest BCUT2D eigenvalue weighted by atomic mass is 35.5. The molecule has 1 aliphatic rings. The van der Waals surface area contributed by atoms with E-state index < -0.39 is 5.76 Å². The number of halogens is 1. The summed E-state index contributed by atoms with van der Waals surface area (Å²) in [6, 6.07) is 5.73. The Hall–Kier alpha value is -1.22. The summed E-state index contributed by atoms with van der Waals surface area (Å²) in [5.41, 5.74) is 2.51. The van der Waals surface area contributed by atoms with Crippen molar-refractivity contribution in [1.82, 2.24) is 4.98 Å². The van der Waals surface area contributed by atoms with Gasteiger partial charge < -0.3 is 4.42 Å². The lowest BCUT2D eigenvalue weighted by atomic mass is 9.81. The molecule has 0 bridgehead atoms. The Bertz CT molecular complexity index is 622. The van der Waals surface area contributed by atoms with E-state index in [1.165, 1.54) is 12.8 Å². The maximum Gasteiger partial charge on any atom is 0.417 e. The molecule has 1 aromatic carbocycles. The van der Waals surface area contributed by atoms with E-state index in [0.717, 1.165) is 23.9 Å². The second-order valence-corrected chi connectivity index (χ2v) is 5.93. The smallest absolute Gasteiger partial charge is 0.408 e. The van der Waals surface area contributed by atoms with Crippen molar-refractivity contribution in [3.8, 4) is 0 Å². The first-order chi connectivity index (χ1) is 8.58. The van der Waals surface area contributed by atoms with Crippen LogP contribution in [0.25, 0.3) is 11.1 Å². The lowest BCUT2D eigenvalue weighted by molar-refractivity contribution is 0.322. The minimum atomic E-state index is -0.416. The summed E-state index contributed by atoms with van der Waals surface area (Å²) in [6.07, 6.45) is 4.83. The van der Waals surface area contributed by atoms with E-state index in [9.17, 15) is 4.79 Å². The van der Waals surface area contributed by atoms with Crippen LogP contribution in [0.4, 0.5) is 0 Å². The average molecular weight is 266 g/mol. The van der Waals surface area contributed by atoms with Gasteiger partial charge in [0, 0.05) is 0 Å². The fourth-order valence-corrected chi connectivity index (χ4v) is 3.31. The monoisotopic (exact) mass is 265 g/mol. The molecule has 3 rings (SSSR count). The molecule has 3 nitrogen and oxygen atoms in total. The largest absolute Gasteiger partial charge is 0.417 e. The van der Waals surface area contributed by atoms with Crippen LogP contribution in [0.2, 0.25) is 0 Å². The Balaban J connectivity index is 2.00. The highest BCUT2D eigenvalue weighted by molar-refractivity contribution is 6.21. The van der Waals surface area contributed by atoms with Crippen LogP contribution in [0.15, 0.2) is 27.4 Å². The highest BCUT2D eigenvalue weighted by Crippen LogP contribution is 2.50. The van der Waals surface area contributed by atoms with E-state index in [-0.39, 0.29) is 10.8 Å². The summed E-state index contributed by atoms with van der Waals surface area (Å²) < 4.78 is 5.08. The zero-order chi connectivity index (χ0) is 12.8.